The molecule has 0 radical (unpaired) electrons. The molecule has 230 valence electrons. The van der Waals surface area contributed by atoms with Gasteiger partial charge in [-0.25, -0.2) is 8.42 Å². The van der Waals surface area contributed by atoms with Crippen LogP contribution in [0, 0.1) is 0 Å². The van der Waals surface area contributed by atoms with Gasteiger partial charge in [-0.2, -0.15) is 0 Å². The molecule has 3 aromatic rings. The van der Waals surface area contributed by atoms with Crippen LogP contribution in [0.3, 0.4) is 0 Å². The van der Waals surface area contributed by atoms with Gasteiger partial charge in [0.1, 0.15) is 18.3 Å². The predicted molar refractivity (Wildman–Crippen MR) is 173 cm³/mol. The monoisotopic (exact) mass is 689 g/mol. The van der Waals surface area contributed by atoms with E-state index in [-0.39, 0.29) is 29.1 Å². The Hall–Kier alpha value is -3.08. The van der Waals surface area contributed by atoms with Crippen LogP contribution in [-0.4, -0.2) is 50.4 Å². The van der Waals surface area contributed by atoms with E-state index in [1.54, 1.807) is 31.2 Å². The van der Waals surface area contributed by atoms with E-state index in [1.165, 1.54) is 29.2 Å². The highest BCUT2D eigenvalue weighted by Crippen LogP contribution is 2.28. The molecule has 1 N–H and O–H groups in total. The number of amides is 2. The van der Waals surface area contributed by atoms with Crippen molar-refractivity contribution < 1.29 is 22.7 Å². The zero-order valence-electron chi connectivity index (χ0n) is 24.3. The van der Waals surface area contributed by atoms with Gasteiger partial charge in [0, 0.05) is 22.1 Å². The van der Waals surface area contributed by atoms with Crippen molar-refractivity contribution in [1.29, 1.82) is 0 Å². The molecule has 1 fully saturated rings. The van der Waals surface area contributed by atoms with Crippen LogP contribution in [0.15, 0.2) is 82.2 Å². The zero-order valence-corrected chi connectivity index (χ0v) is 27.5. The Balaban J connectivity index is 1.67. The van der Waals surface area contributed by atoms with Gasteiger partial charge in [-0.15, -0.1) is 0 Å². The van der Waals surface area contributed by atoms with Gasteiger partial charge in [-0.3, -0.25) is 13.9 Å². The first-order chi connectivity index (χ1) is 20.6. The van der Waals surface area contributed by atoms with Crippen LogP contribution in [0.5, 0.6) is 5.75 Å². The van der Waals surface area contributed by atoms with Crippen molar-refractivity contribution in [2.75, 3.05) is 17.5 Å². The summed E-state index contributed by atoms with van der Waals surface area (Å²) in [5, 5.41) is 3.50. The summed E-state index contributed by atoms with van der Waals surface area (Å²) in [4.78, 5) is 29.0. The van der Waals surface area contributed by atoms with Gasteiger partial charge in [-0.05, 0) is 92.9 Å². The quantitative estimate of drug-likeness (QED) is 0.232. The van der Waals surface area contributed by atoms with Crippen LogP contribution in [0.2, 0.25) is 5.02 Å². The number of anilines is 1. The molecule has 0 heterocycles. The topological polar surface area (TPSA) is 96.0 Å². The van der Waals surface area contributed by atoms with Crippen LogP contribution in [0.25, 0.3) is 0 Å². The Morgan fingerprint density at radius 1 is 0.977 bits per heavy atom. The molecule has 1 aliphatic carbocycles. The summed E-state index contributed by atoms with van der Waals surface area (Å²) in [6, 6.07) is 19.0. The normalized spacial score (nSPS) is 14.5. The van der Waals surface area contributed by atoms with Crippen LogP contribution in [-0.2, 0) is 26.2 Å². The number of hydrogen-bond acceptors (Lipinski definition) is 5. The lowest BCUT2D eigenvalue weighted by Crippen LogP contribution is -2.53. The highest BCUT2D eigenvalue weighted by molar-refractivity contribution is 9.10. The molecule has 0 spiro atoms. The van der Waals surface area contributed by atoms with Gasteiger partial charge in [0.05, 0.1) is 17.2 Å². The van der Waals surface area contributed by atoms with E-state index in [0.717, 1.165) is 46.4 Å². The number of hydrogen-bond donors (Lipinski definition) is 1. The average Bonchev–Trinajstić information content (AvgIpc) is 3.00. The van der Waals surface area contributed by atoms with Gasteiger partial charge >= 0.3 is 0 Å². The van der Waals surface area contributed by atoms with Crippen molar-refractivity contribution in [2.24, 2.45) is 0 Å². The zero-order chi connectivity index (χ0) is 31.0. The molecular formula is C32H37BrClN3O5S. The van der Waals surface area contributed by atoms with E-state index >= 15 is 0 Å². The number of sulfonamides is 1. The van der Waals surface area contributed by atoms with Gasteiger partial charge in [0.15, 0.2) is 0 Å². The minimum absolute atomic E-state index is 0.0128. The Morgan fingerprint density at radius 3 is 2.21 bits per heavy atom. The second-order valence-electron chi connectivity index (χ2n) is 10.6. The molecule has 11 heteroatoms. The van der Waals surface area contributed by atoms with Gasteiger partial charge in [0.25, 0.3) is 10.0 Å². The molecule has 1 saturated carbocycles. The third-order valence-corrected chi connectivity index (χ3v) is 10.1. The standard InChI is InChI=1S/C32H37BrClN3O5S/c1-3-42-29-17-15-28(16-18-29)37(43(40,41)30-19-13-26(34)14-20-30)22-31(38)36(21-24-9-11-25(33)12-10-24)23(2)32(39)35-27-7-5-4-6-8-27/h9-20,23,27H,3-8,21-22H2,1-2H3,(H,35,39)/t23-/m1/s1. The molecule has 0 aromatic heterocycles. The third-order valence-electron chi connectivity index (χ3n) is 7.50. The molecule has 8 nitrogen and oxygen atoms in total. The van der Waals surface area contributed by atoms with E-state index in [4.69, 9.17) is 16.3 Å². The first-order valence-corrected chi connectivity index (χ1v) is 17.0. The number of benzene rings is 3. The van der Waals surface area contributed by atoms with E-state index < -0.39 is 28.5 Å². The first-order valence-electron chi connectivity index (χ1n) is 14.4. The molecule has 2 amide bonds. The van der Waals surface area contributed by atoms with Crippen LogP contribution in [0.4, 0.5) is 5.69 Å². The number of rotatable bonds is 12. The van der Waals surface area contributed by atoms with Crippen molar-refractivity contribution in [3.63, 3.8) is 0 Å². The van der Waals surface area contributed by atoms with Gasteiger partial charge in [-0.1, -0.05) is 58.9 Å². The maximum absolute atomic E-state index is 14.1. The van der Waals surface area contributed by atoms with Gasteiger partial charge in [0.2, 0.25) is 11.8 Å². The predicted octanol–water partition coefficient (Wildman–Crippen LogP) is 6.56. The van der Waals surface area contributed by atoms with Crippen molar-refractivity contribution in [3.05, 3.63) is 87.9 Å². The van der Waals surface area contributed by atoms with Crippen molar-refractivity contribution >= 4 is 55.1 Å². The Morgan fingerprint density at radius 2 is 1.60 bits per heavy atom. The number of nitrogens with one attached hydrogen (secondary N) is 1. The number of ether oxygens (including phenoxy) is 1. The summed E-state index contributed by atoms with van der Waals surface area (Å²) in [5.74, 6) is -0.197. The molecule has 3 aromatic carbocycles. The lowest BCUT2D eigenvalue weighted by Gasteiger charge is -2.33. The minimum atomic E-state index is -4.19. The largest absolute Gasteiger partial charge is 0.494 e. The molecule has 0 saturated heterocycles. The summed E-state index contributed by atoms with van der Waals surface area (Å²) in [5.41, 5.74) is 1.09. The van der Waals surface area contributed by atoms with Crippen molar-refractivity contribution in [1.82, 2.24) is 10.2 Å². The van der Waals surface area contributed by atoms with Gasteiger partial charge < -0.3 is 15.0 Å². The highest BCUT2D eigenvalue weighted by atomic mass is 79.9. The molecule has 4 rings (SSSR count). The Bertz CT molecular complexity index is 1480. The highest BCUT2D eigenvalue weighted by Gasteiger charge is 2.33. The average molecular weight is 691 g/mol. The number of nitrogens with zero attached hydrogens (tertiary/aromatic N) is 2. The lowest BCUT2D eigenvalue weighted by atomic mass is 9.95. The number of carbonyl (C=O) groups is 2. The van der Waals surface area contributed by atoms with Crippen LogP contribution >= 0.6 is 27.5 Å². The minimum Gasteiger partial charge on any atom is -0.494 e. The summed E-state index contributed by atoms with van der Waals surface area (Å²) in [7, 11) is -4.19. The van der Waals surface area contributed by atoms with E-state index in [1.807, 2.05) is 31.2 Å². The molecule has 0 aliphatic heterocycles. The second kappa shape index (κ2) is 15.1. The molecule has 0 unspecified atom stereocenters. The van der Waals surface area contributed by atoms with Crippen molar-refractivity contribution in [2.45, 2.75) is 69.5 Å². The van der Waals surface area contributed by atoms with Crippen LogP contribution < -0.4 is 14.4 Å². The molecule has 0 bridgehead atoms. The fourth-order valence-electron chi connectivity index (χ4n) is 5.08. The third kappa shape index (κ3) is 8.74. The van der Waals surface area contributed by atoms with E-state index in [2.05, 4.69) is 21.2 Å². The Kier molecular flexibility index (Phi) is 11.5. The van der Waals surface area contributed by atoms with E-state index in [9.17, 15) is 18.0 Å². The molecule has 1 aliphatic rings. The summed E-state index contributed by atoms with van der Waals surface area (Å²) < 4.78 is 35.4. The molecular weight excluding hydrogens is 654 g/mol. The smallest absolute Gasteiger partial charge is 0.264 e. The van der Waals surface area contributed by atoms with Crippen molar-refractivity contribution in [3.8, 4) is 5.75 Å². The Labute approximate surface area is 267 Å². The van der Waals surface area contributed by atoms with Crippen LogP contribution in [0.1, 0.15) is 51.5 Å². The fourth-order valence-corrected chi connectivity index (χ4v) is 6.88. The maximum atomic E-state index is 14.1. The molecule has 43 heavy (non-hydrogen) atoms. The fraction of sp³-hybridized carbons (Fsp3) is 0.375. The lowest BCUT2D eigenvalue weighted by molar-refractivity contribution is -0.139. The van der Waals surface area contributed by atoms with E-state index in [0.29, 0.717) is 17.4 Å². The SMILES string of the molecule is CCOc1ccc(N(CC(=O)N(Cc2ccc(Br)cc2)[C@H](C)C(=O)NC2CCCCC2)S(=O)(=O)c2ccc(Cl)cc2)cc1. The maximum Gasteiger partial charge on any atom is 0.264 e. The number of carbonyl (C=O) groups excluding carboxylic acids is 2. The second-order valence-corrected chi connectivity index (χ2v) is 13.8. The first kappa shape index (κ1) is 32.8. The number of halogens is 2. The summed E-state index contributed by atoms with van der Waals surface area (Å²) in [6.07, 6.45) is 5.08. The summed E-state index contributed by atoms with van der Waals surface area (Å²) in [6.45, 7) is 3.61. The summed E-state index contributed by atoms with van der Waals surface area (Å²) >= 11 is 9.46. The molecule has 1 atom stereocenters.